The van der Waals surface area contributed by atoms with E-state index < -0.39 is 5.97 Å². The van der Waals surface area contributed by atoms with Crippen molar-refractivity contribution in [2.45, 2.75) is 25.2 Å². The standard InChI is InChI=1S/C16H16O2/c17-16(18)15-7-3-6-14(15)13-9-8-11-4-1-2-5-12(11)10-13/h1-2,4-5,8-10,14-15H,3,6-7H2,(H,17,18). The van der Waals surface area contributed by atoms with Crippen LogP contribution in [0.4, 0.5) is 0 Å². The van der Waals surface area contributed by atoms with Crippen molar-refractivity contribution in [2.75, 3.05) is 0 Å². The van der Waals surface area contributed by atoms with Crippen LogP contribution in [0.15, 0.2) is 42.5 Å². The fourth-order valence-electron chi connectivity index (χ4n) is 3.09. The number of carboxylic acids is 1. The molecular weight excluding hydrogens is 224 g/mol. The van der Waals surface area contributed by atoms with Gasteiger partial charge in [0.2, 0.25) is 0 Å². The molecule has 0 amide bonds. The lowest BCUT2D eigenvalue weighted by Gasteiger charge is -2.16. The van der Waals surface area contributed by atoms with Gasteiger partial charge in [-0.15, -0.1) is 0 Å². The zero-order valence-electron chi connectivity index (χ0n) is 10.2. The van der Waals surface area contributed by atoms with Crippen molar-refractivity contribution in [3.05, 3.63) is 48.0 Å². The quantitative estimate of drug-likeness (QED) is 0.866. The Balaban J connectivity index is 2.01. The van der Waals surface area contributed by atoms with Crippen LogP contribution in [0, 0.1) is 5.92 Å². The summed E-state index contributed by atoms with van der Waals surface area (Å²) in [7, 11) is 0. The first-order valence-electron chi connectivity index (χ1n) is 6.47. The molecule has 1 aliphatic carbocycles. The second kappa shape index (κ2) is 4.45. The average molecular weight is 240 g/mol. The summed E-state index contributed by atoms with van der Waals surface area (Å²) in [6.45, 7) is 0. The molecule has 0 aromatic heterocycles. The van der Waals surface area contributed by atoms with Gasteiger partial charge in [0.1, 0.15) is 0 Å². The van der Waals surface area contributed by atoms with E-state index >= 15 is 0 Å². The van der Waals surface area contributed by atoms with E-state index in [1.807, 2.05) is 12.1 Å². The van der Waals surface area contributed by atoms with Crippen LogP contribution in [0.1, 0.15) is 30.7 Å². The second-order valence-corrected chi connectivity index (χ2v) is 5.09. The number of hydrogen-bond donors (Lipinski definition) is 1. The van der Waals surface area contributed by atoms with Gasteiger partial charge in [0, 0.05) is 0 Å². The smallest absolute Gasteiger partial charge is 0.307 e. The number of carbonyl (C=O) groups is 1. The lowest BCUT2D eigenvalue weighted by molar-refractivity contribution is -0.142. The Labute approximate surface area is 106 Å². The fraction of sp³-hybridized carbons (Fsp3) is 0.312. The highest BCUT2D eigenvalue weighted by Crippen LogP contribution is 2.40. The lowest BCUT2D eigenvalue weighted by Crippen LogP contribution is -2.16. The van der Waals surface area contributed by atoms with Crippen molar-refractivity contribution in [1.82, 2.24) is 0 Å². The Morgan fingerprint density at radius 1 is 1.06 bits per heavy atom. The van der Waals surface area contributed by atoms with Crippen LogP contribution < -0.4 is 0 Å². The van der Waals surface area contributed by atoms with Gasteiger partial charge in [-0.2, -0.15) is 0 Å². The fourth-order valence-corrected chi connectivity index (χ4v) is 3.09. The average Bonchev–Trinajstić information content (AvgIpc) is 2.87. The van der Waals surface area contributed by atoms with Crippen molar-refractivity contribution >= 4 is 16.7 Å². The number of rotatable bonds is 2. The molecule has 0 heterocycles. The molecule has 0 saturated heterocycles. The first kappa shape index (κ1) is 11.3. The van der Waals surface area contributed by atoms with Crippen LogP contribution in [0.2, 0.25) is 0 Å². The molecule has 1 N–H and O–H groups in total. The van der Waals surface area contributed by atoms with Crippen molar-refractivity contribution < 1.29 is 9.90 Å². The van der Waals surface area contributed by atoms with Crippen LogP contribution in [-0.2, 0) is 4.79 Å². The number of carboxylic acid groups (broad SMARTS) is 1. The topological polar surface area (TPSA) is 37.3 Å². The Morgan fingerprint density at radius 3 is 2.61 bits per heavy atom. The van der Waals surface area contributed by atoms with E-state index in [4.69, 9.17) is 0 Å². The summed E-state index contributed by atoms with van der Waals surface area (Å²) in [6, 6.07) is 14.6. The van der Waals surface area contributed by atoms with Crippen LogP contribution in [0.25, 0.3) is 10.8 Å². The molecule has 0 aliphatic heterocycles. The first-order valence-corrected chi connectivity index (χ1v) is 6.47. The molecule has 2 aromatic rings. The lowest BCUT2D eigenvalue weighted by atomic mass is 9.88. The maximum atomic E-state index is 11.2. The SMILES string of the molecule is O=C(O)C1CCCC1c1ccc2ccccc2c1. The molecule has 0 bridgehead atoms. The third-order valence-electron chi connectivity index (χ3n) is 4.03. The predicted octanol–water partition coefficient (Wildman–Crippen LogP) is 3.81. The first-order chi connectivity index (χ1) is 8.75. The highest BCUT2D eigenvalue weighted by Gasteiger charge is 2.33. The van der Waals surface area contributed by atoms with Gasteiger partial charge in [-0.05, 0) is 35.1 Å². The zero-order valence-corrected chi connectivity index (χ0v) is 10.2. The minimum absolute atomic E-state index is 0.187. The summed E-state index contributed by atoms with van der Waals surface area (Å²) >= 11 is 0. The number of fused-ring (bicyclic) bond motifs is 1. The minimum Gasteiger partial charge on any atom is -0.481 e. The van der Waals surface area contributed by atoms with Crippen LogP contribution in [0.5, 0.6) is 0 Å². The molecule has 2 nitrogen and oxygen atoms in total. The Bertz CT molecular complexity index is 588. The van der Waals surface area contributed by atoms with Crippen molar-refractivity contribution in [3.63, 3.8) is 0 Å². The monoisotopic (exact) mass is 240 g/mol. The highest BCUT2D eigenvalue weighted by molar-refractivity contribution is 5.83. The molecule has 2 heteroatoms. The van der Waals surface area contributed by atoms with Gasteiger partial charge in [0.25, 0.3) is 0 Å². The third kappa shape index (κ3) is 1.88. The van der Waals surface area contributed by atoms with Crippen LogP contribution >= 0.6 is 0 Å². The van der Waals surface area contributed by atoms with Crippen molar-refractivity contribution in [1.29, 1.82) is 0 Å². The van der Waals surface area contributed by atoms with E-state index in [1.54, 1.807) is 0 Å². The molecule has 2 atom stereocenters. The van der Waals surface area contributed by atoms with Gasteiger partial charge < -0.3 is 5.11 Å². The second-order valence-electron chi connectivity index (χ2n) is 5.09. The minimum atomic E-state index is -0.648. The van der Waals surface area contributed by atoms with Gasteiger partial charge in [-0.3, -0.25) is 4.79 Å². The number of hydrogen-bond acceptors (Lipinski definition) is 1. The van der Waals surface area contributed by atoms with Crippen LogP contribution in [0.3, 0.4) is 0 Å². The van der Waals surface area contributed by atoms with Gasteiger partial charge in [0.05, 0.1) is 5.92 Å². The molecule has 2 unspecified atom stereocenters. The Kier molecular flexibility index (Phi) is 2.78. The summed E-state index contributed by atoms with van der Waals surface area (Å²) in [5.41, 5.74) is 1.18. The molecule has 0 spiro atoms. The van der Waals surface area contributed by atoms with E-state index in [0.29, 0.717) is 0 Å². The molecular formula is C16H16O2. The molecule has 2 aromatic carbocycles. The van der Waals surface area contributed by atoms with Gasteiger partial charge in [-0.1, -0.05) is 48.9 Å². The molecule has 1 aliphatic rings. The maximum Gasteiger partial charge on any atom is 0.307 e. The Hall–Kier alpha value is -1.83. The van der Waals surface area contributed by atoms with Gasteiger partial charge in [0.15, 0.2) is 0 Å². The predicted molar refractivity (Wildman–Crippen MR) is 71.7 cm³/mol. The van der Waals surface area contributed by atoms with E-state index in [1.165, 1.54) is 16.3 Å². The molecule has 92 valence electrons. The summed E-state index contributed by atoms with van der Waals surface area (Å²) in [6.07, 6.45) is 2.83. The van der Waals surface area contributed by atoms with Crippen molar-refractivity contribution in [3.8, 4) is 0 Å². The van der Waals surface area contributed by atoms with Gasteiger partial charge >= 0.3 is 5.97 Å². The Morgan fingerprint density at radius 2 is 1.83 bits per heavy atom. The molecule has 3 rings (SSSR count). The highest BCUT2D eigenvalue weighted by atomic mass is 16.4. The molecule has 1 fully saturated rings. The number of benzene rings is 2. The van der Waals surface area contributed by atoms with E-state index in [2.05, 4.69) is 30.3 Å². The summed E-state index contributed by atoms with van der Waals surface area (Å²) in [4.78, 5) is 11.2. The summed E-state index contributed by atoms with van der Waals surface area (Å²) in [5, 5.41) is 11.7. The van der Waals surface area contributed by atoms with E-state index in [9.17, 15) is 9.90 Å². The largest absolute Gasteiger partial charge is 0.481 e. The van der Waals surface area contributed by atoms with E-state index in [0.717, 1.165) is 19.3 Å². The molecule has 18 heavy (non-hydrogen) atoms. The van der Waals surface area contributed by atoms with Gasteiger partial charge in [-0.25, -0.2) is 0 Å². The molecule has 0 radical (unpaired) electrons. The molecule has 1 saturated carbocycles. The summed E-state index contributed by atoms with van der Waals surface area (Å²) in [5.74, 6) is -0.663. The van der Waals surface area contributed by atoms with Crippen LogP contribution in [-0.4, -0.2) is 11.1 Å². The zero-order chi connectivity index (χ0) is 12.5. The normalized spacial score (nSPS) is 23.3. The summed E-state index contributed by atoms with van der Waals surface area (Å²) < 4.78 is 0. The van der Waals surface area contributed by atoms with Crippen molar-refractivity contribution in [2.24, 2.45) is 5.92 Å². The number of aliphatic carboxylic acids is 1. The van der Waals surface area contributed by atoms with E-state index in [-0.39, 0.29) is 11.8 Å². The maximum absolute atomic E-state index is 11.2. The third-order valence-corrected chi connectivity index (χ3v) is 4.03.